The zero-order chi connectivity index (χ0) is 20.2. The van der Waals surface area contributed by atoms with Crippen molar-refractivity contribution >= 4 is 40.1 Å². The normalized spacial score (nSPS) is 11.6. The van der Waals surface area contributed by atoms with Crippen LogP contribution in [0.25, 0.3) is 22.7 Å². The average molecular weight is 404 g/mol. The summed E-state index contributed by atoms with van der Waals surface area (Å²) in [5.74, 6) is 0.809. The van der Waals surface area contributed by atoms with Crippen molar-refractivity contribution in [3.8, 4) is 5.75 Å². The van der Waals surface area contributed by atoms with Gasteiger partial charge < -0.3 is 9.15 Å². The Morgan fingerprint density at radius 3 is 2.45 bits per heavy atom. The second-order valence-corrected chi connectivity index (χ2v) is 6.82. The highest BCUT2D eigenvalue weighted by Crippen LogP contribution is 2.27. The van der Waals surface area contributed by atoms with Crippen LogP contribution < -0.4 is 4.74 Å². The number of hydrogen-bond donors (Lipinski definition) is 0. The van der Waals surface area contributed by atoms with Crippen LogP contribution in [0.3, 0.4) is 0 Å². The lowest BCUT2D eigenvalue weighted by Crippen LogP contribution is -2.03. The smallest absolute Gasteiger partial charge is 0.231 e. The number of fused-ring (bicyclic) bond motifs is 1. The Morgan fingerprint density at radius 1 is 1.03 bits per heavy atom. The number of Topliss-reactive ketones (excluding diaryl/α,β-unsaturated/α-hetero) is 1. The zero-order valence-corrected chi connectivity index (χ0v) is 16.5. The number of aromatic nitrogens is 1. The Balaban J connectivity index is 1.78. The summed E-state index contributed by atoms with van der Waals surface area (Å²) < 4.78 is 11.3. The van der Waals surface area contributed by atoms with E-state index >= 15 is 0 Å². The van der Waals surface area contributed by atoms with E-state index in [0.29, 0.717) is 39.6 Å². The van der Waals surface area contributed by atoms with Gasteiger partial charge in [-0.15, -0.1) is 0 Å². The van der Waals surface area contributed by atoms with E-state index < -0.39 is 0 Å². The maximum absolute atomic E-state index is 13.3. The van der Waals surface area contributed by atoms with Crippen LogP contribution in [0, 0.1) is 0 Å². The Bertz CT molecular complexity index is 1140. The molecule has 4 rings (SSSR count). The summed E-state index contributed by atoms with van der Waals surface area (Å²) in [6.07, 6.45) is 1.76. The minimum Gasteiger partial charge on any atom is -0.494 e. The number of nitrogens with zero attached hydrogens (tertiary/aromatic N) is 1. The van der Waals surface area contributed by atoms with Crippen LogP contribution in [0.2, 0.25) is 5.02 Å². The maximum Gasteiger partial charge on any atom is 0.231 e. The third-order valence-corrected chi connectivity index (χ3v) is 4.63. The van der Waals surface area contributed by atoms with Gasteiger partial charge in [-0.25, -0.2) is 4.98 Å². The molecular formula is C24H18ClNO3. The standard InChI is InChI=1S/C24H18ClNO3/c1-2-28-19-13-9-17(10-14-19)23(27)20(15-16-7-11-18(25)12-8-16)24-26-21-5-3-4-6-22(21)29-24/h3-15H,2H2,1H3. The predicted octanol–water partition coefficient (Wildman–Crippen LogP) is 6.30. The fourth-order valence-corrected chi connectivity index (χ4v) is 3.09. The van der Waals surface area contributed by atoms with Gasteiger partial charge in [-0.2, -0.15) is 0 Å². The Hall–Kier alpha value is -3.37. The van der Waals surface area contributed by atoms with Crippen molar-refractivity contribution in [2.24, 2.45) is 0 Å². The number of rotatable bonds is 6. The Labute approximate surface area is 173 Å². The molecule has 0 fully saturated rings. The Kier molecular flexibility index (Phi) is 5.45. The summed E-state index contributed by atoms with van der Waals surface area (Å²) in [5, 5.41) is 0.628. The lowest BCUT2D eigenvalue weighted by atomic mass is 10.0. The fourth-order valence-electron chi connectivity index (χ4n) is 2.96. The number of ether oxygens (including phenoxy) is 1. The first kappa shape index (κ1) is 19.0. The third kappa shape index (κ3) is 4.23. The molecule has 0 aliphatic rings. The second-order valence-electron chi connectivity index (χ2n) is 6.38. The molecule has 4 aromatic rings. The molecule has 29 heavy (non-hydrogen) atoms. The number of para-hydroxylation sites is 2. The number of carbonyl (C=O) groups excluding carboxylic acids is 1. The molecular weight excluding hydrogens is 386 g/mol. The SMILES string of the molecule is CCOc1ccc(C(=O)C(=Cc2ccc(Cl)cc2)c2nc3ccccc3o2)cc1. The highest BCUT2D eigenvalue weighted by atomic mass is 35.5. The zero-order valence-electron chi connectivity index (χ0n) is 15.8. The first-order valence-electron chi connectivity index (χ1n) is 9.25. The highest BCUT2D eigenvalue weighted by molar-refractivity contribution is 6.32. The van der Waals surface area contributed by atoms with Crippen molar-refractivity contribution in [2.45, 2.75) is 6.92 Å². The van der Waals surface area contributed by atoms with Crippen molar-refractivity contribution in [2.75, 3.05) is 6.61 Å². The lowest BCUT2D eigenvalue weighted by molar-refractivity contribution is 0.105. The van der Waals surface area contributed by atoms with Gasteiger partial charge in [0.25, 0.3) is 0 Å². The fraction of sp³-hybridized carbons (Fsp3) is 0.0833. The van der Waals surface area contributed by atoms with Gasteiger partial charge in [0.2, 0.25) is 5.89 Å². The van der Waals surface area contributed by atoms with Gasteiger partial charge in [0.1, 0.15) is 11.3 Å². The highest BCUT2D eigenvalue weighted by Gasteiger charge is 2.20. The molecule has 0 amide bonds. The van der Waals surface area contributed by atoms with E-state index in [2.05, 4.69) is 4.98 Å². The van der Waals surface area contributed by atoms with Gasteiger partial charge in [-0.1, -0.05) is 35.9 Å². The summed E-state index contributed by atoms with van der Waals surface area (Å²) in [6, 6.07) is 21.7. The largest absolute Gasteiger partial charge is 0.494 e. The van der Waals surface area contributed by atoms with Crippen LogP contribution in [0.4, 0.5) is 0 Å². The molecule has 1 aromatic heterocycles. The topological polar surface area (TPSA) is 52.3 Å². The van der Waals surface area contributed by atoms with Gasteiger partial charge >= 0.3 is 0 Å². The monoisotopic (exact) mass is 403 g/mol. The Morgan fingerprint density at radius 2 is 1.76 bits per heavy atom. The van der Waals surface area contributed by atoms with Gasteiger partial charge in [0.15, 0.2) is 11.4 Å². The summed E-state index contributed by atoms with van der Waals surface area (Å²) >= 11 is 5.99. The van der Waals surface area contributed by atoms with Gasteiger partial charge in [-0.3, -0.25) is 4.79 Å². The summed E-state index contributed by atoms with van der Waals surface area (Å²) in [6.45, 7) is 2.48. The van der Waals surface area contributed by atoms with Gasteiger partial charge in [0, 0.05) is 10.6 Å². The van der Waals surface area contributed by atoms with Crippen LogP contribution in [0.15, 0.2) is 77.2 Å². The molecule has 144 valence electrons. The van der Waals surface area contributed by atoms with Crippen molar-refractivity contribution < 1.29 is 13.9 Å². The van der Waals surface area contributed by atoms with Crippen molar-refractivity contribution in [3.63, 3.8) is 0 Å². The van der Waals surface area contributed by atoms with E-state index in [-0.39, 0.29) is 11.7 Å². The molecule has 0 saturated heterocycles. The van der Waals surface area contributed by atoms with Crippen LogP contribution in [0.5, 0.6) is 5.75 Å². The number of oxazole rings is 1. The lowest BCUT2D eigenvalue weighted by Gasteiger charge is -2.06. The van der Waals surface area contributed by atoms with Crippen LogP contribution in [0.1, 0.15) is 28.7 Å². The maximum atomic E-state index is 13.3. The molecule has 0 aliphatic heterocycles. The van der Waals surface area contributed by atoms with Crippen LogP contribution >= 0.6 is 11.6 Å². The van der Waals surface area contributed by atoms with E-state index in [1.807, 2.05) is 43.3 Å². The molecule has 0 N–H and O–H groups in total. The minimum absolute atomic E-state index is 0.186. The van der Waals surface area contributed by atoms with Crippen molar-refractivity contribution in [1.82, 2.24) is 4.98 Å². The van der Waals surface area contributed by atoms with E-state index in [1.165, 1.54) is 0 Å². The van der Waals surface area contributed by atoms with E-state index in [0.717, 1.165) is 5.56 Å². The molecule has 0 spiro atoms. The molecule has 4 nitrogen and oxygen atoms in total. The quantitative estimate of drug-likeness (QED) is 0.280. The number of ketones is 1. The first-order chi connectivity index (χ1) is 14.1. The molecule has 0 aliphatic carbocycles. The molecule has 3 aromatic carbocycles. The first-order valence-corrected chi connectivity index (χ1v) is 9.62. The molecule has 0 unspecified atom stereocenters. The van der Waals surface area contributed by atoms with E-state index in [1.54, 1.807) is 42.5 Å². The number of halogens is 1. The second kappa shape index (κ2) is 8.33. The van der Waals surface area contributed by atoms with E-state index in [9.17, 15) is 4.79 Å². The predicted molar refractivity (Wildman–Crippen MR) is 115 cm³/mol. The summed E-state index contributed by atoms with van der Waals surface area (Å²) in [4.78, 5) is 17.8. The van der Waals surface area contributed by atoms with Crippen molar-refractivity contribution in [3.05, 3.63) is 94.8 Å². The summed E-state index contributed by atoms with van der Waals surface area (Å²) in [7, 11) is 0. The van der Waals surface area contributed by atoms with E-state index in [4.69, 9.17) is 20.8 Å². The van der Waals surface area contributed by atoms with Crippen LogP contribution in [-0.4, -0.2) is 17.4 Å². The number of hydrogen-bond acceptors (Lipinski definition) is 4. The number of benzene rings is 3. The minimum atomic E-state index is -0.186. The van der Waals surface area contributed by atoms with Crippen molar-refractivity contribution in [1.29, 1.82) is 0 Å². The molecule has 0 radical (unpaired) electrons. The molecule has 1 heterocycles. The molecule has 5 heteroatoms. The summed E-state index contributed by atoms with van der Waals surface area (Å²) in [5.41, 5.74) is 3.04. The van der Waals surface area contributed by atoms with Gasteiger partial charge in [-0.05, 0) is 67.1 Å². The van der Waals surface area contributed by atoms with Gasteiger partial charge in [0.05, 0.1) is 12.2 Å². The van der Waals surface area contributed by atoms with Crippen LogP contribution in [-0.2, 0) is 0 Å². The number of carbonyl (C=O) groups is 1. The molecule has 0 bridgehead atoms. The average Bonchev–Trinajstić information content (AvgIpc) is 3.17. The third-order valence-electron chi connectivity index (χ3n) is 4.38. The molecule has 0 saturated carbocycles. The number of allylic oxidation sites excluding steroid dienone is 1. The molecule has 0 atom stereocenters.